The monoisotopic (exact) mass is 667 g/mol. The Balaban J connectivity index is 1.43. The molecule has 4 heterocycles. The van der Waals surface area contributed by atoms with E-state index in [2.05, 4.69) is 10.00 Å². The largest absolute Gasteiger partial charge is 0.417 e. The molecule has 44 heavy (non-hydrogen) atoms. The molecule has 0 bridgehead atoms. The third-order valence-corrected chi connectivity index (χ3v) is 10.5. The van der Waals surface area contributed by atoms with E-state index in [1.54, 1.807) is 4.68 Å². The van der Waals surface area contributed by atoms with Crippen molar-refractivity contribution in [3.05, 3.63) is 35.0 Å². The van der Waals surface area contributed by atoms with E-state index in [1.807, 2.05) is 0 Å². The summed E-state index contributed by atoms with van der Waals surface area (Å²) in [5.41, 5.74) is 1.22. The molecule has 0 saturated carbocycles. The van der Waals surface area contributed by atoms with Gasteiger partial charge in [0.25, 0.3) is 5.92 Å². The number of piperidine rings is 1. The Morgan fingerprint density at radius 1 is 1.11 bits per heavy atom. The van der Waals surface area contributed by atoms with Crippen molar-refractivity contribution in [2.45, 2.75) is 55.5 Å². The van der Waals surface area contributed by atoms with Gasteiger partial charge in [-0.3, -0.25) is 14.5 Å². The molecule has 2 fully saturated rings. The zero-order valence-electron chi connectivity index (χ0n) is 24.5. The van der Waals surface area contributed by atoms with E-state index in [1.165, 1.54) is 21.3 Å². The van der Waals surface area contributed by atoms with Crippen LogP contribution >= 0.6 is 11.8 Å². The van der Waals surface area contributed by atoms with Gasteiger partial charge in [0.1, 0.15) is 0 Å². The summed E-state index contributed by atoms with van der Waals surface area (Å²) >= 11 is 1.11. The lowest BCUT2D eigenvalue weighted by Crippen LogP contribution is -2.46. The van der Waals surface area contributed by atoms with E-state index < -0.39 is 40.3 Å². The van der Waals surface area contributed by atoms with Crippen molar-refractivity contribution in [2.75, 3.05) is 71.0 Å². The molecule has 1 aromatic heterocycles. The average Bonchev–Trinajstić information content (AvgIpc) is 3.29. The molecule has 0 amide bonds. The second kappa shape index (κ2) is 13.5. The molecule has 0 spiro atoms. The first kappa shape index (κ1) is 33.5. The second-order valence-electron chi connectivity index (χ2n) is 11.7. The van der Waals surface area contributed by atoms with E-state index in [0.29, 0.717) is 61.0 Å². The maximum Gasteiger partial charge on any atom is 0.417 e. The summed E-state index contributed by atoms with van der Waals surface area (Å²) < 4.78 is 103. The molecule has 9 nitrogen and oxygen atoms in total. The molecule has 1 unspecified atom stereocenters. The molecule has 1 aromatic carbocycles. The number of hydrogen-bond donors (Lipinski definition) is 1. The van der Waals surface area contributed by atoms with Crippen molar-refractivity contribution < 1.29 is 40.2 Å². The van der Waals surface area contributed by atoms with E-state index in [0.717, 1.165) is 37.2 Å². The fraction of sp³-hybridized carbons (Fsp3) is 0.679. The molecule has 2 aromatic rings. The summed E-state index contributed by atoms with van der Waals surface area (Å²) in [6.45, 7) is 3.38. The number of aromatic nitrogens is 2. The summed E-state index contributed by atoms with van der Waals surface area (Å²) in [4.78, 5) is 3.71. The number of fused-ring (bicyclic) bond motifs is 1. The lowest BCUT2D eigenvalue weighted by Gasteiger charge is -2.33. The molecule has 0 aliphatic carbocycles. The van der Waals surface area contributed by atoms with Crippen LogP contribution in [-0.2, 0) is 40.4 Å². The molecule has 0 radical (unpaired) electrons. The summed E-state index contributed by atoms with van der Waals surface area (Å²) in [6, 6.07) is 3.82. The van der Waals surface area contributed by atoms with Gasteiger partial charge in [-0.25, -0.2) is 17.2 Å². The summed E-state index contributed by atoms with van der Waals surface area (Å²) in [6.07, 6.45) is -4.09. The lowest BCUT2D eigenvalue weighted by molar-refractivity contribution is -0.139. The van der Waals surface area contributed by atoms with Crippen LogP contribution in [0.25, 0.3) is 11.3 Å². The zero-order valence-corrected chi connectivity index (χ0v) is 26.2. The van der Waals surface area contributed by atoms with Crippen LogP contribution in [0.4, 0.5) is 22.0 Å². The quantitative estimate of drug-likeness (QED) is 0.305. The maximum atomic E-state index is 14.0. The molecule has 246 valence electrons. The van der Waals surface area contributed by atoms with Gasteiger partial charge in [0.05, 0.1) is 49.9 Å². The topological polar surface area (TPSA) is 91.1 Å². The summed E-state index contributed by atoms with van der Waals surface area (Å²) in [5.74, 6) is -2.38. The number of aliphatic hydroxyl groups excluding tert-OH is 1. The number of nitrogens with zero attached hydrogens (tertiary/aromatic N) is 5. The first-order valence-corrected chi connectivity index (χ1v) is 17.5. The van der Waals surface area contributed by atoms with Crippen LogP contribution in [0.15, 0.2) is 23.1 Å². The number of benzene rings is 1. The molecule has 1 atom stereocenters. The number of ether oxygens (including phenoxy) is 1. The minimum atomic E-state index is -4.57. The fourth-order valence-electron chi connectivity index (χ4n) is 6.02. The van der Waals surface area contributed by atoms with Crippen LogP contribution in [0.3, 0.4) is 0 Å². The van der Waals surface area contributed by atoms with Crippen molar-refractivity contribution in [2.24, 2.45) is 0 Å². The third-order valence-electron chi connectivity index (χ3n) is 8.22. The van der Waals surface area contributed by atoms with Crippen molar-refractivity contribution in [3.63, 3.8) is 0 Å². The molecule has 3 aliphatic rings. The minimum absolute atomic E-state index is 0.0131. The van der Waals surface area contributed by atoms with Crippen LogP contribution in [-0.4, -0.2) is 120 Å². The molecule has 16 heteroatoms. The van der Waals surface area contributed by atoms with Gasteiger partial charge in [0.15, 0.2) is 0 Å². The molecular weight excluding hydrogens is 629 g/mol. The molecule has 5 rings (SSSR count). The van der Waals surface area contributed by atoms with E-state index >= 15 is 0 Å². The Morgan fingerprint density at radius 2 is 1.86 bits per heavy atom. The number of thioether (sulfide) groups is 1. The number of alkyl halides is 5. The van der Waals surface area contributed by atoms with Crippen molar-refractivity contribution in [1.29, 1.82) is 0 Å². The number of β-amino-alcohol motifs (C(OH)–C–C–N with tert-alkyl or cyclic N) is 1. The summed E-state index contributed by atoms with van der Waals surface area (Å²) in [5, 5.41) is 15.6. The van der Waals surface area contributed by atoms with E-state index in [4.69, 9.17) is 4.74 Å². The molecule has 3 aliphatic heterocycles. The number of aliphatic hydroxyl groups is 1. The Bertz CT molecular complexity index is 1420. The predicted molar refractivity (Wildman–Crippen MR) is 156 cm³/mol. The number of rotatable bonds is 10. The standard InChI is InChI=1S/C28H38F5N5O4S2/c1-44(40,41)37-8-5-24-22(18-37)26(34-38(24)17-21(39)16-36-7-2-6-27(29,30)19-36)20-3-4-23(28(31,32)33)25(15-20)43-14-11-35-9-12-42-13-10-35/h3-4,15,21,39H,2,5-14,16-19H2,1H3. The number of sulfonamides is 1. The van der Waals surface area contributed by atoms with Crippen LogP contribution in [0.2, 0.25) is 0 Å². The minimum Gasteiger partial charge on any atom is -0.390 e. The van der Waals surface area contributed by atoms with Crippen molar-refractivity contribution in [3.8, 4) is 11.3 Å². The number of morpholine rings is 1. The highest BCUT2D eigenvalue weighted by atomic mass is 32.2. The fourth-order valence-corrected chi connectivity index (χ4v) is 7.93. The van der Waals surface area contributed by atoms with Gasteiger partial charge in [-0.2, -0.15) is 22.6 Å². The van der Waals surface area contributed by atoms with Gasteiger partial charge >= 0.3 is 6.18 Å². The lowest BCUT2D eigenvalue weighted by atomic mass is 10.0. The molecule has 1 N–H and O–H groups in total. The van der Waals surface area contributed by atoms with Gasteiger partial charge < -0.3 is 9.84 Å². The predicted octanol–water partition coefficient (Wildman–Crippen LogP) is 3.40. The van der Waals surface area contributed by atoms with E-state index in [-0.39, 0.29) is 43.9 Å². The molecular formula is C28H38F5N5O4S2. The van der Waals surface area contributed by atoms with E-state index in [9.17, 15) is 35.5 Å². The van der Waals surface area contributed by atoms with Crippen LogP contribution in [0.5, 0.6) is 0 Å². The first-order chi connectivity index (χ1) is 20.7. The van der Waals surface area contributed by atoms with Crippen LogP contribution in [0, 0.1) is 0 Å². The van der Waals surface area contributed by atoms with Gasteiger partial charge in [-0.05, 0) is 25.1 Å². The van der Waals surface area contributed by atoms with Gasteiger partial charge in [-0.1, -0.05) is 6.07 Å². The Labute approximate surface area is 258 Å². The normalized spacial score (nSPS) is 21.3. The Morgan fingerprint density at radius 3 is 2.55 bits per heavy atom. The SMILES string of the molecule is CS(=O)(=O)N1CCc2c(c(-c3ccc(C(F)(F)F)c(SCCN4CCOCC4)c3)nn2CC(O)CN2CCCC(F)(F)C2)C1. The van der Waals surface area contributed by atoms with Crippen molar-refractivity contribution >= 4 is 21.8 Å². The molecule has 2 saturated heterocycles. The highest BCUT2D eigenvalue weighted by Crippen LogP contribution is 2.40. The average molecular weight is 668 g/mol. The first-order valence-electron chi connectivity index (χ1n) is 14.7. The van der Waals surface area contributed by atoms with Crippen LogP contribution in [0.1, 0.15) is 29.7 Å². The van der Waals surface area contributed by atoms with Gasteiger partial charge in [0.2, 0.25) is 10.0 Å². The summed E-state index contributed by atoms with van der Waals surface area (Å²) in [7, 11) is -3.57. The van der Waals surface area contributed by atoms with Crippen LogP contribution < -0.4 is 0 Å². The Kier molecular flexibility index (Phi) is 10.3. The van der Waals surface area contributed by atoms with Crippen molar-refractivity contribution in [1.82, 2.24) is 23.9 Å². The van der Waals surface area contributed by atoms with Gasteiger partial charge in [-0.15, -0.1) is 11.8 Å². The number of hydrogen-bond acceptors (Lipinski definition) is 8. The second-order valence-corrected chi connectivity index (χ2v) is 14.8. The smallest absolute Gasteiger partial charge is 0.390 e. The Hall–Kier alpha value is -1.82. The number of likely N-dealkylation sites (tertiary alicyclic amines) is 1. The number of halogens is 5. The maximum absolute atomic E-state index is 14.0. The zero-order chi connectivity index (χ0) is 31.7. The van der Waals surface area contributed by atoms with Gasteiger partial charge in [0, 0.05) is 79.6 Å². The highest BCUT2D eigenvalue weighted by Gasteiger charge is 2.37. The third kappa shape index (κ3) is 8.30. The highest BCUT2D eigenvalue weighted by molar-refractivity contribution is 7.99.